The van der Waals surface area contributed by atoms with Gasteiger partial charge in [-0.15, -0.1) is 0 Å². The van der Waals surface area contributed by atoms with Crippen LogP contribution in [0.3, 0.4) is 0 Å². The minimum Gasteiger partial charge on any atom is -0.497 e. The van der Waals surface area contributed by atoms with Crippen molar-refractivity contribution in [3.05, 3.63) is 76.7 Å². The summed E-state index contributed by atoms with van der Waals surface area (Å²) < 4.78 is 21.3. The Hall–Kier alpha value is -3.28. The first-order valence-electron chi connectivity index (χ1n) is 8.51. The molecule has 0 aliphatic rings. The highest BCUT2D eigenvalue weighted by atomic mass is 16.5. The highest BCUT2D eigenvalue weighted by molar-refractivity contribution is 5.89. The molecule has 6 nitrogen and oxygen atoms in total. The highest BCUT2D eigenvalue weighted by Crippen LogP contribution is 2.19. The zero-order valence-electron chi connectivity index (χ0n) is 15.5. The van der Waals surface area contributed by atoms with E-state index in [2.05, 4.69) is 5.16 Å². The Morgan fingerprint density at radius 1 is 0.963 bits per heavy atom. The van der Waals surface area contributed by atoms with Crippen LogP contribution in [0.2, 0.25) is 0 Å². The second-order valence-electron chi connectivity index (χ2n) is 6.04. The van der Waals surface area contributed by atoms with Gasteiger partial charge < -0.3 is 18.7 Å². The SMILES string of the molecule is COc1ccc(COC(=O)c2ccc(OCc3c(C)noc3C)cc2)cc1. The first kappa shape index (κ1) is 18.5. The van der Waals surface area contributed by atoms with E-state index in [-0.39, 0.29) is 12.6 Å². The summed E-state index contributed by atoms with van der Waals surface area (Å²) in [5, 5.41) is 3.90. The van der Waals surface area contributed by atoms with Gasteiger partial charge in [-0.25, -0.2) is 4.79 Å². The second kappa shape index (κ2) is 8.40. The predicted molar refractivity (Wildman–Crippen MR) is 98.9 cm³/mol. The summed E-state index contributed by atoms with van der Waals surface area (Å²) in [6, 6.07) is 14.2. The van der Waals surface area contributed by atoms with Crippen LogP contribution in [0, 0.1) is 13.8 Å². The Bertz CT molecular complexity index is 878. The summed E-state index contributed by atoms with van der Waals surface area (Å²) in [4.78, 5) is 12.2. The molecule has 1 heterocycles. The van der Waals surface area contributed by atoms with E-state index >= 15 is 0 Å². The number of rotatable bonds is 7. The summed E-state index contributed by atoms with van der Waals surface area (Å²) in [6.07, 6.45) is 0. The van der Waals surface area contributed by atoms with Crippen molar-refractivity contribution in [2.45, 2.75) is 27.1 Å². The molecule has 0 fully saturated rings. The van der Waals surface area contributed by atoms with Crippen molar-refractivity contribution in [2.24, 2.45) is 0 Å². The van der Waals surface area contributed by atoms with Gasteiger partial charge in [-0.1, -0.05) is 17.3 Å². The standard InChI is InChI=1S/C21H21NO5/c1-14-20(15(2)27-22-14)13-25-19-10-6-17(7-11-19)21(23)26-12-16-4-8-18(24-3)9-5-16/h4-11H,12-13H2,1-3H3. The third kappa shape index (κ3) is 4.67. The number of aromatic nitrogens is 1. The fourth-order valence-corrected chi connectivity index (χ4v) is 2.50. The largest absolute Gasteiger partial charge is 0.497 e. The molecule has 6 heteroatoms. The number of benzene rings is 2. The van der Waals surface area contributed by atoms with Crippen molar-refractivity contribution in [1.29, 1.82) is 0 Å². The van der Waals surface area contributed by atoms with Crippen molar-refractivity contribution in [3.63, 3.8) is 0 Å². The van der Waals surface area contributed by atoms with Crippen LogP contribution in [0.4, 0.5) is 0 Å². The van der Waals surface area contributed by atoms with E-state index in [4.69, 9.17) is 18.7 Å². The summed E-state index contributed by atoms with van der Waals surface area (Å²) in [6.45, 7) is 4.29. The number of esters is 1. The van der Waals surface area contributed by atoms with Crippen LogP contribution in [0.15, 0.2) is 53.1 Å². The number of carbonyl (C=O) groups is 1. The molecule has 2 aromatic carbocycles. The van der Waals surface area contributed by atoms with Gasteiger partial charge in [0.15, 0.2) is 0 Å². The predicted octanol–water partition coefficient (Wildman–Crippen LogP) is 4.24. The molecule has 0 amide bonds. The molecule has 0 unspecified atom stereocenters. The number of aryl methyl sites for hydroxylation is 2. The Morgan fingerprint density at radius 3 is 2.22 bits per heavy atom. The molecule has 0 aliphatic carbocycles. The lowest BCUT2D eigenvalue weighted by atomic mass is 10.2. The molecule has 0 atom stereocenters. The Balaban J connectivity index is 1.53. The molecule has 1 aromatic heterocycles. The molecule has 0 spiro atoms. The fourth-order valence-electron chi connectivity index (χ4n) is 2.50. The molecule has 3 rings (SSSR count). The van der Waals surface area contributed by atoms with Gasteiger partial charge in [-0.05, 0) is 55.8 Å². The van der Waals surface area contributed by atoms with Crippen molar-refractivity contribution >= 4 is 5.97 Å². The topological polar surface area (TPSA) is 70.8 Å². The van der Waals surface area contributed by atoms with Crippen LogP contribution in [-0.4, -0.2) is 18.2 Å². The van der Waals surface area contributed by atoms with Crippen LogP contribution in [0.1, 0.15) is 32.9 Å². The Morgan fingerprint density at radius 2 is 1.63 bits per heavy atom. The smallest absolute Gasteiger partial charge is 0.338 e. The first-order valence-corrected chi connectivity index (χ1v) is 8.51. The van der Waals surface area contributed by atoms with Gasteiger partial charge in [0.1, 0.15) is 30.5 Å². The lowest BCUT2D eigenvalue weighted by molar-refractivity contribution is 0.0472. The minimum atomic E-state index is -0.386. The van der Waals surface area contributed by atoms with Crippen LogP contribution in [0.5, 0.6) is 11.5 Å². The van der Waals surface area contributed by atoms with E-state index in [1.807, 2.05) is 38.1 Å². The molecule has 27 heavy (non-hydrogen) atoms. The molecule has 0 saturated heterocycles. The molecular formula is C21H21NO5. The molecular weight excluding hydrogens is 346 g/mol. The van der Waals surface area contributed by atoms with Crippen molar-refractivity contribution < 1.29 is 23.5 Å². The fraction of sp³-hybridized carbons (Fsp3) is 0.238. The molecule has 0 N–H and O–H groups in total. The molecule has 140 valence electrons. The van der Waals surface area contributed by atoms with Gasteiger partial charge >= 0.3 is 5.97 Å². The van der Waals surface area contributed by atoms with Gasteiger partial charge in [-0.3, -0.25) is 0 Å². The quantitative estimate of drug-likeness (QED) is 0.582. The molecule has 3 aromatic rings. The Kier molecular flexibility index (Phi) is 5.76. The van der Waals surface area contributed by atoms with Crippen LogP contribution >= 0.6 is 0 Å². The molecule has 0 saturated carbocycles. The van der Waals surface area contributed by atoms with Gasteiger partial charge in [0, 0.05) is 0 Å². The summed E-state index contributed by atoms with van der Waals surface area (Å²) in [5.41, 5.74) is 3.10. The molecule has 0 radical (unpaired) electrons. The van der Waals surface area contributed by atoms with Gasteiger partial charge in [0.25, 0.3) is 0 Å². The molecule has 0 aliphatic heterocycles. The van der Waals surface area contributed by atoms with Crippen LogP contribution < -0.4 is 9.47 Å². The van der Waals surface area contributed by atoms with E-state index in [1.165, 1.54) is 0 Å². The van der Waals surface area contributed by atoms with E-state index in [0.717, 1.165) is 28.3 Å². The zero-order valence-corrected chi connectivity index (χ0v) is 15.5. The normalized spacial score (nSPS) is 10.5. The lowest BCUT2D eigenvalue weighted by Crippen LogP contribution is -2.05. The first-order chi connectivity index (χ1) is 13.1. The van der Waals surface area contributed by atoms with E-state index in [0.29, 0.717) is 17.9 Å². The average molecular weight is 367 g/mol. The maximum atomic E-state index is 12.2. The second-order valence-corrected chi connectivity index (χ2v) is 6.04. The molecule has 0 bridgehead atoms. The number of ether oxygens (including phenoxy) is 3. The van der Waals surface area contributed by atoms with Gasteiger partial charge in [-0.2, -0.15) is 0 Å². The van der Waals surface area contributed by atoms with Crippen molar-refractivity contribution in [1.82, 2.24) is 5.16 Å². The maximum absolute atomic E-state index is 12.2. The van der Waals surface area contributed by atoms with Crippen LogP contribution in [0.25, 0.3) is 0 Å². The van der Waals surface area contributed by atoms with E-state index < -0.39 is 0 Å². The van der Waals surface area contributed by atoms with Crippen LogP contribution in [-0.2, 0) is 18.0 Å². The minimum absolute atomic E-state index is 0.202. The average Bonchev–Trinajstić information content (AvgIpc) is 3.03. The third-order valence-corrected chi connectivity index (χ3v) is 4.18. The summed E-state index contributed by atoms with van der Waals surface area (Å²) in [5.74, 6) is 1.77. The maximum Gasteiger partial charge on any atom is 0.338 e. The van der Waals surface area contributed by atoms with E-state index in [1.54, 1.807) is 31.4 Å². The monoisotopic (exact) mass is 367 g/mol. The number of methoxy groups -OCH3 is 1. The Labute approximate surface area is 157 Å². The van der Waals surface area contributed by atoms with Crippen molar-refractivity contribution in [3.8, 4) is 11.5 Å². The zero-order chi connectivity index (χ0) is 19.2. The summed E-state index contributed by atoms with van der Waals surface area (Å²) >= 11 is 0. The summed E-state index contributed by atoms with van der Waals surface area (Å²) in [7, 11) is 1.61. The van der Waals surface area contributed by atoms with Crippen molar-refractivity contribution in [2.75, 3.05) is 7.11 Å². The van der Waals surface area contributed by atoms with E-state index in [9.17, 15) is 4.79 Å². The van der Waals surface area contributed by atoms with Gasteiger partial charge in [0.2, 0.25) is 0 Å². The van der Waals surface area contributed by atoms with Gasteiger partial charge in [0.05, 0.1) is 23.9 Å². The number of carbonyl (C=O) groups excluding carboxylic acids is 1. The third-order valence-electron chi connectivity index (χ3n) is 4.18. The number of nitrogens with zero attached hydrogens (tertiary/aromatic N) is 1. The number of hydrogen-bond donors (Lipinski definition) is 0. The lowest BCUT2D eigenvalue weighted by Gasteiger charge is -2.08. The number of hydrogen-bond acceptors (Lipinski definition) is 6. The highest BCUT2D eigenvalue weighted by Gasteiger charge is 2.11.